The molecule has 44 heavy (non-hydrogen) atoms. The first-order valence-electron chi connectivity index (χ1n) is 15.4. The summed E-state index contributed by atoms with van der Waals surface area (Å²) in [6.07, 6.45) is 0. The first-order chi connectivity index (χ1) is 21.3. The van der Waals surface area contributed by atoms with Crippen molar-refractivity contribution in [3.63, 3.8) is 0 Å². The number of nitrogens with one attached hydrogen (secondary N) is 2. The van der Waals surface area contributed by atoms with Gasteiger partial charge in [-0.05, 0) is 129 Å². The molecule has 6 aromatic rings. The largest absolute Gasteiger partial charge is 0.356 e. The van der Waals surface area contributed by atoms with Crippen molar-refractivity contribution in [1.82, 2.24) is 0 Å². The molecule has 0 bridgehead atoms. The van der Waals surface area contributed by atoms with Crippen LogP contribution in [0.5, 0.6) is 0 Å². The SMILES string of the molecule is Cc1ccc(Nc2ccc(-c3cc(-c4ccccc4C)c(Nc4ccc(C)cc4)c(-c4ccccc4C)c3C)c(C)c2)cc1. The Labute approximate surface area is 262 Å². The number of anilines is 4. The number of aryl methyl sites for hydroxylation is 5. The average Bonchev–Trinajstić information content (AvgIpc) is 3.01. The van der Waals surface area contributed by atoms with Gasteiger partial charge in [0, 0.05) is 28.2 Å². The molecule has 0 atom stereocenters. The highest BCUT2D eigenvalue weighted by Gasteiger charge is 2.22. The minimum absolute atomic E-state index is 1.08. The molecular weight excluding hydrogens is 532 g/mol. The van der Waals surface area contributed by atoms with Crippen LogP contribution in [0.2, 0.25) is 0 Å². The minimum atomic E-state index is 1.08. The number of hydrogen-bond acceptors (Lipinski definition) is 2. The van der Waals surface area contributed by atoms with Crippen molar-refractivity contribution in [2.75, 3.05) is 10.6 Å². The van der Waals surface area contributed by atoms with Gasteiger partial charge in [-0.3, -0.25) is 0 Å². The fraction of sp³-hybridized carbons (Fsp3) is 0.143. The summed E-state index contributed by atoms with van der Waals surface area (Å²) in [5.74, 6) is 0. The Balaban J connectivity index is 1.58. The van der Waals surface area contributed by atoms with Crippen molar-refractivity contribution < 1.29 is 0 Å². The maximum Gasteiger partial charge on any atom is 0.0546 e. The third kappa shape index (κ3) is 5.89. The zero-order valence-corrected chi connectivity index (χ0v) is 26.5. The van der Waals surface area contributed by atoms with Crippen molar-refractivity contribution in [2.24, 2.45) is 0 Å². The Morgan fingerprint density at radius 3 is 1.43 bits per heavy atom. The quantitative estimate of drug-likeness (QED) is 0.199. The maximum absolute atomic E-state index is 3.88. The normalized spacial score (nSPS) is 11.0. The van der Waals surface area contributed by atoms with Gasteiger partial charge in [0.25, 0.3) is 0 Å². The zero-order chi connectivity index (χ0) is 30.8. The van der Waals surface area contributed by atoms with E-state index >= 15 is 0 Å². The fourth-order valence-corrected chi connectivity index (χ4v) is 6.10. The van der Waals surface area contributed by atoms with Gasteiger partial charge < -0.3 is 10.6 Å². The first-order valence-corrected chi connectivity index (χ1v) is 15.4. The van der Waals surface area contributed by atoms with E-state index in [-0.39, 0.29) is 0 Å². The van der Waals surface area contributed by atoms with Crippen LogP contribution in [0.1, 0.15) is 33.4 Å². The van der Waals surface area contributed by atoms with Gasteiger partial charge in [0.15, 0.2) is 0 Å². The smallest absolute Gasteiger partial charge is 0.0546 e. The van der Waals surface area contributed by atoms with Crippen LogP contribution in [0.25, 0.3) is 33.4 Å². The molecule has 0 amide bonds. The molecule has 2 heteroatoms. The van der Waals surface area contributed by atoms with Crippen LogP contribution >= 0.6 is 0 Å². The molecule has 2 N–H and O–H groups in total. The Morgan fingerprint density at radius 1 is 0.364 bits per heavy atom. The van der Waals surface area contributed by atoms with Crippen molar-refractivity contribution in [1.29, 1.82) is 0 Å². The molecule has 0 aliphatic carbocycles. The average molecular weight is 573 g/mol. The fourth-order valence-electron chi connectivity index (χ4n) is 6.10. The summed E-state index contributed by atoms with van der Waals surface area (Å²) >= 11 is 0. The molecule has 0 aromatic heterocycles. The van der Waals surface area contributed by atoms with Crippen LogP contribution in [0.3, 0.4) is 0 Å². The van der Waals surface area contributed by atoms with Crippen molar-refractivity contribution in [2.45, 2.75) is 41.5 Å². The summed E-state index contributed by atoms with van der Waals surface area (Å²) in [4.78, 5) is 0. The molecular formula is C42H40N2. The van der Waals surface area contributed by atoms with Gasteiger partial charge in [-0.15, -0.1) is 0 Å². The summed E-state index contributed by atoms with van der Waals surface area (Å²) in [5.41, 5.74) is 19.3. The molecule has 0 radical (unpaired) electrons. The molecule has 0 saturated heterocycles. The summed E-state index contributed by atoms with van der Waals surface area (Å²) in [5, 5.41) is 7.47. The Hall–Kier alpha value is -5.08. The van der Waals surface area contributed by atoms with Gasteiger partial charge in [0.1, 0.15) is 0 Å². The van der Waals surface area contributed by atoms with Gasteiger partial charge in [-0.2, -0.15) is 0 Å². The van der Waals surface area contributed by atoms with Crippen LogP contribution in [0.4, 0.5) is 22.7 Å². The molecule has 0 heterocycles. The standard InChI is InChI=1S/C42H40N2/c1-27-15-19-33(20-16-27)43-35-23-24-37(31(5)25-35)39-26-40(36-13-9-7-11-29(36)3)42(44-34-21-17-28(2)18-22-34)41(32(39)6)38-14-10-8-12-30(38)4/h7-26,43-44H,1-6H3. The molecule has 2 nitrogen and oxygen atoms in total. The van der Waals surface area contributed by atoms with Gasteiger partial charge >= 0.3 is 0 Å². The van der Waals surface area contributed by atoms with Crippen LogP contribution in [0.15, 0.2) is 121 Å². The van der Waals surface area contributed by atoms with Crippen LogP contribution < -0.4 is 10.6 Å². The molecule has 218 valence electrons. The maximum atomic E-state index is 3.88. The molecule has 0 spiro atoms. The topological polar surface area (TPSA) is 24.1 Å². The lowest BCUT2D eigenvalue weighted by atomic mass is 9.83. The molecule has 6 aromatic carbocycles. The predicted molar refractivity (Wildman–Crippen MR) is 191 cm³/mol. The van der Waals surface area contributed by atoms with Crippen molar-refractivity contribution in [3.8, 4) is 33.4 Å². The van der Waals surface area contributed by atoms with Crippen molar-refractivity contribution in [3.05, 3.63) is 155 Å². The minimum Gasteiger partial charge on any atom is -0.356 e. The van der Waals surface area contributed by atoms with Crippen molar-refractivity contribution >= 4 is 22.7 Å². The molecule has 0 fully saturated rings. The Kier molecular flexibility index (Phi) is 8.09. The highest BCUT2D eigenvalue weighted by atomic mass is 14.9. The molecule has 6 rings (SSSR count). The zero-order valence-electron chi connectivity index (χ0n) is 26.5. The molecule has 0 aliphatic rings. The molecule has 0 saturated carbocycles. The second-order valence-electron chi connectivity index (χ2n) is 12.0. The van der Waals surface area contributed by atoms with E-state index in [1.165, 1.54) is 66.8 Å². The summed E-state index contributed by atoms with van der Waals surface area (Å²) < 4.78 is 0. The second-order valence-corrected chi connectivity index (χ2v) is 12.0. The summed E-state index contributed by atoms with van der Waals surface area (Å²) in [6, 6.07) is 43.8. The monoisotopic (exact) mass is 572 g/mol. The lowest BCUT2D eigenvalue weighted by molar-refractivity contribution is 1.36. The third-order valence-electron chi connectivity index (χ3n) is 8.61. The predicted octanol–water partition coefficient (Wildman–Crippen LogP) is 12.0. The van der Waals surface area contributed by atoms with E-state index in [0.717, 1.165) is 22.7 Å². The Morgan fingerprint density at radius 2 is 0.864 bits per heavy atom. The van der Waals surface area contributed by atoms with E-state index in [1.54, 1.807) is 0 Å². The summed E-state index contributed by atoms with van der Waals surface area (Å²) in [6.45, 7) is 13.1. The van der Waals surface area contributed by atoms with Crippen LogP contribution in [-0.4, -0.2) is 0 Å². The van der Waals surface area contributed by atoms with E-state index in [9.17, 15) is 0 Å². The number of benzene rings is 6. The van der Waals surface area contributed by atoms with E-state index in [0.29, 0.717) is 0 Å². The Bertz CT molecular complexity index is 1950. The number of rotatable bonds is 7. The van der Waals surface area contributed by atoms with Gasteiger partial charge in [0.2, 0.25) is 0 Å². The third-order valence-corrected chi connectivity index (χ3v) is 8.61. The van der Waals surface area contributed by atoms with Gasteiger partial charge in [0.05, 0.1) is 5.69 Å². The van der Waals surface area contributed by atoms with Crippen LogP contribution in [0, 0.1) is 41.5 Å². The highest BCUT2D eigenvalue weighted by Crippen LogP contribution is 2.47. The number of hydrogen-bond donors (Lipinski definition) is 2. The highest BCUT2D eigenvalue weighted by molar-refractivity contribution is 6.00. The van der Waals surface area contributed by atoms with Gasteiger partial charge in [-0.25, -0.2) is 0 Å². The van der Waals surface area contributed by atoms with E-state index in [2.05, 4.69) is 174 Å². The molecule has 0 aliphatic heterocycles. The lowest BCUT2D eigenvalue weighted by Crippen LogP contribution is -2.03. The van der Waals surface area contributed by atoms with Crippen LogP contribution in [-0.2, 0) is 0 Å². The first kappa shape index (κ1) is 29.0. The van der Waals surface area contributed by atoms with E-state index in [1.807, 2.05) is 0 Å². The molecule has 0 unspecified atom stereocenters. The van der Waals surface area contributed by atoms with E-state index in [4.69, 9.17) is 0 Å². The van der Waals surface area contributed by atoms with Gasteiger partial charge in [-0.1, -0.05) is 90.0 Å². The van der Waals surface area contributed by atoms with E-state index < -0.39 is 0 Å². The lowest BCUT2D eigenvalue weighted by Gasteiger charge is -2.25. The second kappa shape index (κ2) is 12.3. The summed E-state index contributed by atoms with van der Waals surface area (Å²) in [7, 11) is 0.